The lowest BCUT2D eigenvalue weighted by Crippen LogP contribution is -2.43. The summed E-state index contributed by atoms with van der Waals surface area (Å²) in [5, 5.41) is 11.7. The molecule has 5 nitrogen and oxygen atoms in total. The minimum atomic E-state index is -0.516. The van der Waals surface area contributed by atoms with Gasteiger partial charge in [0.25, 0.3) is 0 Å². The average Bonchev–Trinajstić information content (AvgIpc) is 2.32. The van der Waals surface area contributed by atoms with Crippen LogP contribution in [0.2, 0.25) is 0 Å². The number of ether oxygens (including phenoxy) is 1. The number of nitrogens with two attached hydrogens (primary N) is 1. The molecule has 4 N–H and O–H groups in total. The Morgan fingerprint density at radius 1 is 1.53 bits per heavy atom. The molecule has 1 aromatic carbocycles. The van der Waals surface area contributed by atoms with Gasteiger partial charge in [0.05, 0.1) is 0 Å². The van der Waals surface area contributed by atoms with Crippen LogP contribution in [0, 0.1) is 0 Å². The zero-order valence-electron chi connectivity index (χ0n) is 9.85. The Morgan fingerprint density at radius 2 is 2.24 bits per heavy atom. The summed E-state index contributed by atoms with van der Waals surface area (Å²) >= 11 is 0. The van der Waals surface area contributed by atoms with Gasteiger partial charge in [0.1, 0.15) is 18.4 Å². The van der Waals surface area contributed by atoms with Crippen LogP contribution in [0.4, 0.5) is 0 Å². The second kappa shape index (κ2) is 6.88. The molecule has 0 saturated carbocycles. The van der Waals surface area contributed by atoms with Gasteiger partial charge < -0.3 is 20.9 Å². The molecule has 0 aliphatic heterocycles. The van der Waals surface area contributed by atoms with E-state index in [4.69, 9.17) is 15.6 Å². The predicted molar refractivity (Wildman–Crippen MR) is 64.8 cm³/mol. The lowest BCUT2D eigenvalue weighted by atomic mass is 10.1. The van der Waals surface area contributed by atoms with Crippen molar-refractivity contribution in [3.05, 3.63) is 29.8 Å². The summed E-state index contributed by atoms with van der Waals surface area (Å²) in [6.45, 7) is 0.236. The number of amides is 1. The molecular weight excluding hydrogens is 220 g/mol. The second-order valence-corrected chi connectivity index (χ2v) is 3.64. The number of carbonyl (C=O) groups excluding carboxylic acids is 1. The third-order valence-electron chi connectivity index (χ3n) is 2.45. The molecule has 0 aliphatic rings. The number of carbonyl (C=O) groups is 1. The van der Waals surface area contributed by atoms with Crippen LogP contribution < -0.4 is 15.8 Å². The molecule has 0 spiro atoms. The number of primary amides is 1. The lowest BCUT2D eigenvalue weighted by Gasteiger charge is -2.15. The number of aliphatic hydroxyl groups is 1. The maximum Gasteiger partial charge on any atom is 0.238 e. The van der Waals surface area contributed by atoms with Crippen LogP contribution in [0.25, 0.3) is 0 Å². The Hall–Kier alpha value is -1.59. The van der Waals surface area contributed by atoms with Gasteiger partial charge in [-0.15, -0.1) is 0 Å². The van der Waals surface area contributed by atoms with Gasteiger partial charge in [0, 0.05) is 6.61 Å². The van der Waals surface area contributed by atoms with Gasteiger partial charge in [-0.3, -0.25) is 4.79 Å². The molecule has 1 unspecified atom stereocenters. The van der Waals surface area contributed by atoms with Gasteiger partial charge in [-0.2, -0.15) is 0 Å². The number of benzene rings is 1. The minimum Gasteiger partial charge on any atom is -0.491 e. The number of rotatable bonds is 7. The van der Waals surface area contributed by atoms with E-state index in [0.717, 1.165) is 5.56 Å². The first-order chi connectivity index (χ1) is 8.19. The molecule has 0 aliphatic carbocycles. The summed E-state index contributed by atoms with van der Waals surface area (Å²) in [4.78, 5) is 11.0. The van der Waals surface area contributed by atoms with Crippen LogP contribution in [0.3, 0.4) is 0 Å². The Morgan fingerprint density at radius 3 is 2.82 bits per heavy atom. The van der Waals surface area contributed by atoms with Crippen molar-refractivity contribution in [1.82, 2.24) is 5.32 Å². The first-order valence-electron chi connectivity index (χ1n) is 5.47. The Labute approximate surface area is 101 Å². The normalized spacial score (nSPS) is 12.1. The zero-order chi connectivity index (χ0) is 12.7. The van der Waals surface area contributed by atoms with Crippen molar-refractivity contribution in [3.63, 3.8) is 0 Å². The quantitative estimate of drug-likeness (QED) is 0.607. The third-order valence-corrected chi connectivity index (χ3v) is 2.45. The van der Waals surface area contributed by atoms with Crippen LogP contribution in [-0.4, -0.2) is 37.3 Å². The highest BCUT2D eigenvalue weighted by atomic mass is 16.5. The van der Waals surface area contributed by atoms with Gasteiger partial charge in [-0.05, 0) is 25.1 Å². The molecule has 1 atom stereocenters. The highest BCUT2D eigenvalue weighted by Crippen LogP contribution is 2.18. The van der Waals surface area contributed by atoms with Crippen LogP contribution in [-0.2, 0) is 11.2 Å². The van der Waals surface area contributed by atoms with Gasteiger partial charge in [-0.25, -0.2) is 0 Å². The number of hydrogen-bond donors (Lipinski definition) is 3. The summed E-state index contributed by atoms with van der Waals surface area (Å²) < 4.78 is 5.53. The molecule has 94 valence electrons. The highest BCUT2D eigenvalue weighted by Gasteiger charge is 2.14. The van der Waals surface area contributed by atoms with E-state index in [2.05, 4.69) is 5.32 Å². The predicted octanol–water partition coefficient (Wildman–Crippen LogP) is -0.327. The van der Waals surface area contributed by atoms with Crippen molar-refractivity contribution in [3.8, 4) is 5.75 Å². The van der Waals surface area contributed by atoms with E-state index in [0.29, 0.717) is 12.2 Å². The maximum atomic E-state index is 11.0. The molecule has 1 rings (SSSR count). The Balaban J connectivity index is 2.64. The van der Waals surface area contributed by atoms with Crippen molar-refractivity contribution in [1.29, 1.82) is 0 Å². The third kappa shape index (κ3) is 4.05. The van der Waals surface area contributed by atoms with E-state index >= 15 is 0 Å². The molecule has 0 saturated heterocycles. The van der Waals surface area contributed by atoms with Crippen molar-refractivity contribution in [2.75, 3.05) is 20.3 Å². The molecule has 5 heteroatoms. The maximum absolute atomic E-state index is 11.0. The number of para-hydroxylation sites is 1. The topological polar surface area (TPSA) is 84.6 Å². The SMILES string of the molecule is CNC(COc1ccccc1CCO)C(N)=O. The molecule has 0 fully saturated rings. The number of likely N-dealkylation sites (N-methyl/N-ethyl adjacent to an activating group) is 1. The van der Waals surface area contributed by atoms with E-state index in [1.807, 2.05) is 18.2 Å². The standard InChI is InChI=1S/C12H18N2O3/c1-14-10(12(13)16)8-17-11-5-3-2-4-9(11)6-7-15/h2-5,10,14-15H,6-8H2,1H3,(H2,13,16). The van der Waals surface area contributed by atoms with E-state index in [1.54, 1.807) is 13.1 Å². The number of nitrogens with one attached hydrogen (secondary N) is 1. The van der Waals surface area contributed by atoms with Crippen molar-refractivity contribution < 1.29 is 14.6 Å². The summed E-state index contributed by atoms with van der Waals surface area (Å²) in [5.41, 5.74) is 6.10. The molecule has 0 radical (unpaired) electrons. The minimum absolute atomic E-state index is 0.0612. The monoisotopic (exact) mass is 238 g/mol. The second-order valence-electron chi connectivity index (χ2n) is 3.64. The van der Waals surface area contributed by atoms with E-state index in [1.165, 1.54) is 0 Å². The van der Waals surface area contributed by atoms with Crippen molar-refractivity contribution in [2.45, 2.75) is 12.5 Å². The largest absolute Gasteiger partial charge is 0.491 e. The number of aliphatic hydroxyl groups excluding tert-OH is 1. The van der Waals surface area contributed by atoms with Crippen LogP contribution >= 0.6 is 0 Å². The molecule has 0 aromatic heterocycles. The van der Waals surface area contributed by atoms with Crippen LogP contribution in [0.1, 0.15) is 5.56 Å². The van der Waals surface area contributed by atoms with Gasteiger partial charge in [0.2, 0.25) is 5.91 Å². The highest BCUT2D eigenvalue weighted by molar-refractivity contribution is 5.79. The van der Waals surface area contributed by atoms with Crippen LogP contribution in [0.5, 0.6) is 5.75 Å². The number of hydrogen-bond acceptors (Lipinski definition) is 4. The summed E-state index contributed by atoms with van der Waals surface area (Å²) in [5.74, 6) is 0.218. The van der Waals surface area contributed by atoms with Crippen molar-refractivity contribution >= 4 is 5.91 Å². The molecular formula is C12H18N2O3. The summed E-state index contributed by atoms with van der Waals surface area (Å²) in [7, 11) is 1.65. The first-order valence-corrected chi connectivity index (χ1v) is 5.47. The average molecular weight is 238 g/mol. The summed E-state index contributed by atoms with van der Waals surface area (Å²) in [6, 6.07) is 6.89. The Bertz CT molecular complexity index is 369. The van der Waals surface area contributed by atoms with Gasteiger partial charge in [0.15, 0.2) is 0 Å². The van der Waals surface area contributed by atoms with Gasteiger partial charge >= 0.3 is 0 Å². The van der Waals surface area contributed by atoms with Crippen molar-refractivity contribution in [2.24, 2.45) is 5.73 Å². The Kier molecular flexibility index (Phi) is 5.45. The van der Waals surface area contributed by atoms with E-state index in [-0.39, 0.29) is 13.2 Å². The van der Waals surface area contributed by atoms with Gasteiger partial charge in [-0.1, -0.05) is 18.2 Å². The smallest absolute Gasteiger partial charge is 0.238 e. The summed E-state index contributed by atoms with van der Waals surface area (Å²) in [6.07, 6.45) is 0.525. The molecule has 0 heterocycles. The molecule has 0 bridgehead atoms. The molecule has 1 aromatic rings. The van der Waals surface area contributed by atoms with Crippen LogP contribution in [0.15, 0.2) is 24.3 Å². The zero-order valence-corrected chi connectivity index (χ0v) is 9.85. The fourth-order valence-electron chi connectivity index (χ4n) is 1.45. The molecule has 1 amide bonds. The molecule has 17 heavy (non-hydrogen) atoms. The van der Waals surface area contributed by atoms with E-state index < -0.39 is 11.9 Å². The fraction of sp³-hybridized carbons (Fsp3) is 0.417. The fourth-order valence-corrected chi connectivity index (χ4v) is 1.45. The first kappa shape index (κ1) is 13.5. The lowest BCUT2D eigenvalue weighted by molar-refractivity contribution is -0.120. The van der Waals surface area contributed by atoms with E-state index in [9.17, 15) is 4.79 Å².